The highest BCUT2D eigenvalue weighted by molar-refractivity contribution is 6.30. The molecule has 1 aliphatic heterocycles. The van der Waals surface area contributed by atoms with Crippen LogP contribution in [0.1, 0.15) is 38.2 Å². The molecule has 0 saturated carbocycles. The lowest BCUT2D eigenvalue weighted by molar-refractivity contribution is 0.149. The number of halogens is 1. The minimum absolute atomic E-state index is 0.0776. The van der Waals surface area contributed by atoms with Crippen molar-refractivity contribution in [1.29, 1.82) is 0 Å². The lowest BCUT2D eigenvalue weighted by Crippen LogP contribution is -2.35. The number of fused-ring (bicyclic) bond motifs is 1. The molecule has 0 aliphatic carbocycles. The molecular formula is C17H21ClN4O2. The fraction of sp³-hybridized carbons (Fsp3) is 0.471. The minimum atomic E-state index is -0.747. The maximum Gasteiger partial charge on any atom is 0.404 e. The zero-order valence-electron chi connectivity index (χ0n) is 13.8. The Kier molecular flexibility index (Phi) is 4.76. The van der Waals surface area contributed by atoms with E-state index in [0.29, 0.717) is 11.1 Å². The van der Waals surface area contributed by atoms with Crippen molar-refractivity contribution in [2.24, 2.45) is 5.73 Å². The third-order valence-corrected chi connectivity index (χ3v) is 4.64. The molecule has 0 radical (unpaired) electrons. The number of ether oxygens (including phenoxy) is 1. The van der Waals surface area contributed by atoms with Gasteiger partial charge in [-0.25, -0.2) is 14.8 Å². The molecule has 3 rings (SSSR count). The predicted molar refractivity (Wildman–Crippen MR) is 94.5 cm³/mol. The first-order valence-corrected chi connectivity index (χ1v) is 8.48. The molecule has 2 aromatic heterocycles. The monoisotopic (exact) mass is 348 g/mol. The van der Waals surface area contributed by atoms with Crippen LogP contribution in [0.3, 0.4) is 0 Å². The summed E-state index contributed by atoms with van der Waals surface area (Å²) in [5, 5.41) is 2.50. The van der Waals surface area contributed by atoms with Crippen LogP contribution in [-0.4, -0.2) is 35.3 Å². The van der Waals surface area contributed by atoms with Crippen LogP contribution in [0.15, 0.2) is 18.5 Å². The molecule has 128 valence electrons. The van der Waals surface area contributed by atoms with Crippen LogP contribution in [0.2, 0.25) is 5.15 Å². The number of nitrogens with two attached hydrogens (primary N) is 1. The van der Waals surface area contributed by atoms with Gasteiger partial charge in [-0.2, -0.15) is 0 Å². The third kappa shape index (κ3) is 3.24. The van der Waals surface area contributed by atoms with Crippen molar-refractivity contribution in [2.75, 3.05) is 18.1 Å². The first kappa shape index (κ1) is 16.8. The third-order valence-electron chi connectivity index (χ3n) is 4.44. The Morgan fingerprint density at radius 2 is 2.21 bits per heavy atom. The zero-order chi connectivity index (χ0) is 17.3. The van der Waals surface area contributed by atoms with Gasteiger partial charge in [0.15, 0.2) is 0 Å². The molecular weight excluding hydrogens is 328 g/mol. The quantitative estimate of drug-likeness (QED) is 0.855. The van der Waals surface area contributed by atoms with Crippen molar-refractivity contribution in [3.8, 4) is 0 Å². The van der Waals surface area contributed by atoms with E-state index in [9.17, 15) is 4.79 Å². The molecule has 1 amide bonds. The van der Waals surface area contributed by atoms with Gasteiger partial charge in [-0.05, 0) is 35.8 Å². The minimum Gasteiger partial charge on any atom is -0.448 e. The van der Waals surface area contributed by atoms with Gasteiger partial charge in [0, 0.05) is 24.3 Å². The van der Waals surface area contributed by atoms with E-state index in [4.69, 9.17) is 22.1 Å². The number of pyridine rings is 2. The highest BCUT2D eigenvalue weighted by Crippen LogP contribution is 2.34. The fourth-order valence-electron chi connectivity index (χ4n) is 3.27. The van der Waals surface area contributed by atoms with Gasteiger partial charge in [-0.3, -0.25) is 0 Å². The van der Waals surface area contributed by atoms with Crippen LogP contribution in [0.25, 0.3) is 10.8 Å². The summed E-state index contributed by atoms with van der Waals surface area (Å²) in [4.78, 5) is 22.0. The summed E-state index contributed by atoms with van der Waals surface area (Å²) in [5.74, 6) is 1.19. The summed E-state index contributed by atoms with van der Waals surface area (Å²) >= 11 is 6.10. The fourth-order valence-corrected chi connectivity index (χ4v) is 3.43. The molecule has 1 aliphatic rings. The van der Waals surface area contributed by atoms with E-state index < -0.39 is 6.09 Å². The Morgan fingerprint density at radius 3 is 2.92 bits per heavy atom. The largest absolute Gasteiger partial charge is 0.448 e. The topological polar surface area (TPSA) is 81.3 Å². The summed E-state index contributed by atoms with van der Waals surface area (Å²) in [7, 11) is 0. The highest BCUT2D eigenvalue weighted by Gasteiger charge is 2.28. The highest BCUT2D eigenvalue weighted by atomic mass is 35.5. The van der Waals surface area contributed by atoms with Crippen LogP contribution >= 0.6 is 11.6 Å². The molecule has 1 atom stereocenters. The van der Waals surface area contributed by atoms with Gasteiger partial charge in [-0.1, -0.05) is 25.4 Å². The first-order valence-electron chi connectivity index (χ1n) is 8.10. The standard InChI is InChI=1S/C17H21ClN4O2/c1-10(2)13-7-21-16(14-8-20-15(18)6-12(13)14)22-5-3-4-11(22)9-24-17(19)23/h6-8,10-11H,3-5,9H2,1-2H3,(H2,19,23)/t11-/m0/s1. The van der Waals surface area contributed by atoms with Crippen LogP contribution in [0.5, 0.6) is 0 Å². The lowest BCUT2D eigenvalue weighted by atomic mass is 9.99. The molecule has 6 nitrogen and oxygen atoms in total. The summed E-state index contributed by atoms with van der Waals surface area (Å²) in [6.07, 6.45) is 4.88. The number of rotatable bonds is 4. The van der Waals surface area contributed by atoms with E-state index in [1.165, 1.54) is 0 Å². The molecule has 3 heterocycles. The molecule has 2 N–H and O–H groups in total. The number of carbonyl (C=O) groups excluding carboxylic acids is 1. The van der Waals surface area contributed by atoms with E-state index in [-0.39, 0.29) is 12.6 Å². The van der Waals surface area contributed by atoms with E-state index in [1.807, 2.05) is 12.3 Å². The van der Waals surface area contributed by atoms with Gasteiger partial charge >= 0.3 is 6.09 Å². The van der Waals surface area contributed by atoms with Gasteiger partial charge in [0.1, 0.15) is 17.6 Å². The van der Waals surface area contributed by atoms with Crippen molar-refractivity contribution in [2.45, 2.75) is 38.6 Å². The molecule has 0 bridgehead atoms. The Bertz CT molecular complexity index is 766. The zero-order valence-corrected chi connectivity index (χ0v) is 14.6. The van der Waals surface area contributed by atoms with Gasteiger partial charge in [0.05, 0.1) is 6.04 Å². The number of carbonyl (C=O) groups is 1. The maximum absolute atomic E-state index is 10.9. The molecule has 0 spiro atoms. The summed E-state index contributed by atoms with van der Waals surface area (Å²) in [5.41, 5.74) is 6.24. The van der Waals surface area contributed by atoms with Crippen LogP contribution in [-0.2, 0) is 4.74 Å². The van der Waals surface area contributed by atoms with E-state index in [0.717, 1.165) is 41.5 Å². The summed E-state index contributed by atoms with van der Waals surface area (Å²) < 4.78 is 5.00. The number of nitrogens with zero attached hydrogens (tertiary/aromatic N) is 3. The second-order valence-electron chi connectivity index (χ2n) is 6.36. The molecule has 2 aromatic rings. The number of hydrogen-bond donors (Lipinski definition) is 1. The number of hydrogen-bond acceptors (Lipinski definition) is 5. The Morgan fingerprint density at radius 1 is 1.42 bits per heavy atom. The van der Waals surface area contributed by atoms with Gasteiger partial charge in [0.2, 0.25) is 0 Å². The number of primary amides is 1. The average Bonchev–Trinajstić information content (AvgIpc) is 2.99. The molecule has 1 fully saturated rings. The van der Waals surface area contributed by atoms with Crippen molar-refractivity contribution in [3.05, 3.63) is 29.2 Å². The van der Waals surface area contributed by atoms with Crippen molar-refractivity contribution in [3.63, 3.8) is 0 Å². The predicted octanol–water partition coefficient (Wildman–Crippen LogP) is 3.47. The van der Waals surface area contributed by atoms with Gasteiger partial charge < -0.3 is 15.4 Å². The van der Waals surface area contributed by atoms with Gasteiger partial charge in [-0.15, -0.1) is 0 Å². The van der Waals surface area contributed by atoms with Crippen molar-refractivity contribution < 1.29 is 9.53 Å². The van der Waals surface area contributed by atoms with E-state index >= 15 is 0 Å². The lowest BCUT2D eigenvalue weighted by Gasteiger charge is -2.27. The Labute approximate surface area is 146 Å². The second kappa shape index (κ2) is 6.81. The Balaban J connectivity index is 2.03. The van der Waals surface area contributed by atoms with Crippen molar-refractivity contribution in [1.82, 2.24) is 9.97 Å². The number of anilines is 1. The summed E-state index contributed by atoms with van der Waals surface area (Å²) in [6, 6.07) is 1.97. The molecule has 0 aromatic carbocycles. The van der Waals surface area contributed by atoms with E-state index in [2.05, 4.69) is 28.7 Å². The SMILES string of the molecule is CC(C)c1cnc(N2CCC[C@H]2COC(N)=O)c2cnc(Cl)cc12. The van der Waals surface area contributed by atoms with E-state index in [1.54, 1.807) is 6.20 Å². The van der Waals surface area contributed by atoms with Gasteiger partial charge in [0.25, 0.3) is 0 Å². The maximum atomic E-state index is 10.9. The molecule has 0 unspecified atom stereocenters. The molecule has 1 saturated heterocycles. The van der Waals surface area contributed by atoms with Crippen LogP contribution in [0, 0.1) is 0 Å². The molecule has 7 heteroatoms. The normalized spacial score (nSPS) is 17.7. The van der Waals surface area contributed by atoms with Crippen LogP contribution in [0.4, 0.5) is 10.6 Å². The van der Waals surface area contributed by atoms with Crippen molar-refractivity contribution >= 4 is 34.3 Å². The second-order valence-corrected chi connectivity index (χ2v) is 6.75. The number of amides is 1. The smallest absolute Gasteiger partial charge is 0.404 e. The molecule has 24 heavy (non-hydrogen) atoms. The first-order chi connectivity index (χ1) is 11.5. The Hall–Kier alpha value is -2.08. The number of aromatic nitrogens is 2. The average molecular weight is 349 g/mol. The van der Waals surface area contributed by atoms with Crippen LogP contribution < -0.4 is 10.6 Å². The summed E-state index contributed by atoms with van der Waals surface area (Å²) in [6.45, 7) is 5.39.